The predicted molar refractivity (Wildman–Crippen MR) is 82.9 cm³/mol. The summed E-state index contributed by atoms with van der Waals surface area (Å²) in [5, 5.41) is 4.06. The van der Waals surface area contributed by atoms with E-state index in [1.54, 1.807) is 0 Å². The fraction of sp³-hybridized carbons (Fsp3) is 0.176. The second-order valence-corrected chi connectivity index (χ2v) is 5.19. The summed E-state index contributed by atoms with van der Waals surface area (Å²) in [5.41, 5.74) is 10.9. The van der Waals surface area contributed by atoms with Crippen LogP contribution < -0.4 is 5.73 Å². The molecule has 0 saturated carbocycles. The Morgan fingerprint density at radius 2 is 1.86 bits per heavy atom. The molecule has 0 unspecified atom stereocenters. The summed E-state index contributed by atoms with van der Waals surface area (Å²) < 4.78 is 5.36. The maximum Gasteiger partial charge on any atom is 0.257 e. The van der Waals surface area contributed by atoms with E-state index in [1.165, 1.54) is 11.1 Å². The molecule has 106 valence electrons. The van der Waals surface area contributed by atoms with E-state index in [-0.39, 0.29) is 0 Å². The molecule has 3 aromatic rings. The minimum Gasteiger partial charge on any atom is -0.399 e. The second-order valence-electron chi connectivity index (χ2n) is 5.19. The highest BCUT2D eigenvalue weighted by atomic mass is 16.5. The van der Waals surface area contributed by atoms with Crippen molar-refractivity contribution in [2.45, 2.75) is 20.3 Å². The van der Waals surface area contributed by atoms with Crippen molar-refractivity contribution in [3.8, 4) is 11.5 Å². The van der Waals surface area contributed by atoms with Gasteiger partial charge >= 0.3 is 0 Å². The number of anilines is 1. The number of hydrogen-bond donors (Lipinski definition) is 1. The van der Waals surface area contributed by atoms with Crippen molar-refractivity contribution < 1.29 is 4.52 Å². The third-order valence-corrected chi connectivity index (χ3v) is 3.59. The predicted octanol–water partition coefficient (Wildman–Crippen LogP) is 3.53. The zero-order valence-electron chi connectivity index (χ0n) is 12.1. The van der Waals surface area contributed by atoms with Crippen LogP contribution in [0.4, 0.5) is 5.69 Å². The van der Waals surface area contributed by atoms with E-state index < -0.39 is 0 Å². The van der Waals surface area contributed by atoms with Crippen molar-refractivity contribution in [3.05, 3.63) is 65.0 Å². The Morgan fingerprint density at radius 1 is 1.05 bits per heavy atom. The van der Waals surface area contributed by atoms with Crippen molar-refractivity contribution >= 4 is 5.69 Å². The summed E-state index contributed by atoms with van der Waals surface area (Å²) in [6.45, 7) is 4.04. The number of benzene rings is 2. The molecule has 0 amide bonds. The molecule has 2 N–H and O–H groups in total. The molecule has 21 heavy (non-hydrogen) atoms. The van der Waals surface area contributed by atoms with Crippen molar-refractivity contribution in [1.82, 2.24) is 10.1 Å². The first kappa shape index (κ1) is 13.4. The van der Waals surface area contributed by atoms with E-state index in [1.807, 2.05) is 37.3 Å². The van der Waals surface area contributed by atoms with Crippen molar-refractivity contribution in [2.24, 2.45) is 0 Å². The van der Waals surface area contributed by atoms with E-state index in [4.69, 9.17) is 10.3 Å². The zero-order chi connectivity index (χ0) is 14.8. The minimum absolute atomic E-state index is 0.529. The number of nitrogens with zero attached hydrogens (tertiary/aromatic N) is 2. The fourth-order valence-electron chi connectivity index (χ4n) is 2.23. The molecule has 0 bridgehead atoms. The first-order chi connectivity index (χ1) is 10.1. The van der Waals surface area contributed by atoms with Gasteiger partial charge in [-0.25, -0.2) is 0 Å². The Kier molecular flexibility index (Phi) is 3.44. The lowest BCUT2D eigenvalue weighted by molar-refractivity contribution is 0.424. The molecular weight excluding hydrogens is 262 g/mol. The van der Waals surface area contributed by atoms with Crippen molar-refractivity contribution in [3.63, 3.8) is 0 Å². The Labute approximate surface area is 123 Å². The molecule has 1 heterocycles. The van der Waals surface area contributed by atoms with Gasteiger partial charge in [-0.05, 0) is 48.7 Å². The Morgan fingerprint density at radius 3 is 2.62 bits per heavy atom. The number of aromatic nitrogens is 2. The summed E-state index contributed by atoms with van der Waals surface area (Å²) in [6.07, 6.45) is 0.671. The highest BCUT2D eigenvalue weighted by molar-refractivity contribution is 5.60. The Bertz CT molecular complexity index is 777. The lowest BCUT2D eigenvalue weighted by Gasteiger charge is -2.01. The van der Waals surface area contributed by atoms with E-state index in [9.17, 15) is 0 Å². The average molecular weight is 279 g/mol. The van der Waals surface area contributed by atoms with Crippen LogP contribution in [0, 0.1) is 13.8 Å². The van der Waals surface area contributed by atoms with Gasteiger partial charge in [-0.3, -0.25) is 0 Å². The van der Waals surface area contributed by atoms with Crippen LogP contribution in [-0.4, -0.2) is 10.1 Å². The molecule has 0 aliphatic rings. The summed E-state index contributed by atoms with van der Waals surface area (Å²) >= 11 is 0. The highest BCUT2D eigenvalue weighted by Gasteiger charge is 2.11. The maximum absolute atomic E-state index is 5.82. The van der Waals surface area contributed by atoms with Crippen molar-refractivity contribution in [1.29, 1.82) is 0 Å². The Hall–Kier alpha value is -2.62. The van der Waals surface area contributed by atoms with E-state index >= 15 is 0 Å². The average Bonchev–Trinajstić information content (AvgIpc) is 2.93. The standard InChI is InChI=1S/C17H17N3O/c1-11-5-3-4-6-13(11)10-16-19-17(21-20-16)14-7-8-15(18)12(2)9-14/h3-9H,10,18H2,1-2H3. The van der Waals surface area contributed by atoms with Gasteiger partial charge in [0.2, 0.25) is 0 Å². The molecule has 3 rings (SSSR count). The van der Waals surface area contributed by atoms with Gasteiger partial charge in [-0.2, -0.15) is 4.98 Å². The van der Waals surface area contributed by atoms with E-state index in [0.717, 1.165) is 16.8 Å². The van der Waals surface area contributed by atoms with Crippen LogP contribution in [0.15, 0.2) is 47.0 Å². The van der Waals surface area contributed by atoms with Gasteiger partial charge in [0.1, 0.15) is 0 Å². The van der Waals surface area contributed by atoms with Crippen LogP contribution in [0.5, 0.6) is 0 Å². The third-order valence-electron chi connectivity index (χ3n) is 3.59. The molecule has 4 heteroatoms. The molecule has 0 radical (unpaired) electrons. The van der Waals surface area contributed by atoms with E-state index in [2.05, 4.69) is 29.2 Å². The molecule has 0 atom stereocenters. The molecule has 1 aromatic heterocycles. The summed E-state index contributed by atoms with van der Waals surface area (Å²) in [6, 6.07) is 13.9. The minimum atomic E-state index is 0.529. The summed E-state index contributed by atoms with van der Waals surface area (Å²) in [7, 11) is 0. The molecule has 2 aromatic carbocycles. The first-order valence-corrected chi connectivity index (χ1v) is 6.87. The summed E-state index contributed by atoms with van der Waals surface area (Å²) in [4.78, 5) is 4.47. The number of rotatable bonds is 3. The molecule has 0 spiro atoms. The largest absolute Gasteiger partial charge is 0.399 e. The number of aryl methyl sites for hydroxylation is 2. The second kappa shape index (κ2) is 5.40. The molecule has 0 aliphatic carbocycles. The van der Waals surface area contributed by atoms with Crippen LogP contribution in [0.3, 0.4) is 0 Å². The van der Waals surface area contributed by atoms with E-state index in [0.29, 0.717) is 18.1 Å². The van der Waals surface area contributed by atoms with Crippen LogP contribution in [0.1, 0.15) is 22.5 Å². The highest BCUT2D eigenvalue weighted by Crippen LogP contribution is 2.22. The normalized spacial score (nSPS) is 10.8. The first-order valence-electron chi connectivity index (χ1n) is 6.87. The van der Waals surface area contributed by atoms with Crippen LogP contribution in [0.2, 0.25) is 0 Å². The van der Waals surface area contributed by atoms with Gasteiger partial charge in [0.15, 0.2) is 5.82 Å². The van der Waals surface area contributed by atoms with Crippen LogP contribution in [-0.2, 0) is 6.42 Å². The fourth-order valence-corrected chi connectivity index (χ4v) is 2.23. The molecule has 4 nitrogen and oxygen atoms in total. The van der Waals surface area contributed by atoms with Crippen LogP contribution >= 0.6 is 0 Å². The number of nitrogens with two attached hydrogens (primary N) is 1. The molecule has 0 aliphatic heterocycles. The monoisotopic (exact) mass is 279 g/mol. The van der Waals surface area contributed by atoms with Gasteiger partial charge < -0.3 is 10.3 Å². The van der Waals surface area contributed by atoms with Gasteiger partial charge in [-0.15, -0.1) is 0 Å². The molecule has 0 fully saturated rings. The number of nitrogen functional groups attached to an aromatic ring is 1. The van der Waals surface area contributed by atoms with Crippen LogP contribution in [0.25, 0.3) is 11.5 Å². The lowest BCUT2D eigenvalue weighted by Crippen LogP contribution is -1.93. The SMILES string of the molecule is Cc1cc(-c2nc(Cc3ccccc3C)no2)ccc1N. The quantitative estimate of drug-likeness (QED) is 0.745. The van der Waals surface area contributed by atoms with Gasteiger partial charge in [0.25, 0.3) is 5.89 Å². The third kappa shape index (κ3) is 2.79. The summed E-state index contributed by atoms with van der Waals surface area (Å²) in [5.74, 6) is 1.22. The van der Waals surface area contributed by atoms with Gasteiger partial charge in [0, 0.05) is 17.7 Å². The number of hydrogen-bond acceptors (Lipinski definition) is 4. The van der Waals surface area contributed by atoms with Crippen molar-refractivity contribution in [2.75, 3.05) is 5.73 Å². The topological polar surface area (TPSA) is 64.9 Å². The molecule has 0 saturated heterocycles. The smallest absolute Gasteiger partial charge is 0.257 e. The maximum atomic E-state index is 5.82. The Balaban J connectivity index is 1.86. The zero-order valence-corrected chi connectivity index (χ0v) is 12.1. The molecular formula is C17H17N3O. The lowest BCUT2D eigenvalue weighted by atomic mass is 10.1. The van der Waals surface area contributed by atoms with Gasteiger partial charge in [-0.1, -0.05) is 29.4 Å². The van der Waals surface area contributed by atoms with Gasteiger partial charge in [0.05, 0.1) is 0 Å².